The molecule has 1 aliphatic rings. The van der Waals surface area contributed by atoms with Crippen molar-refractivity contribution in [1.82, 2.24) is 4.90 Å². The highest BCUT2D eigenvalue weighted by Gasteiger charge is 2.36. The molecular weight excluding hydrogens is 268 g/mol. The van der Waals surface area contributed by atoms with Gasteiger partial charge in [0.1, 0.15) is 11.5 Å². The van der Waals surface area contributed by atoms with Crippen LogP contribution in [0.15, 0.2) is 18.2 Å². The second kappa shape index (κ2) is 6.80. The first-order valence-corrected chi connectivity index (χ1v) is 7.39. The number of carbonyl (C=O) groups is 1. The third kappa shape index (κ3) is 3.13. The number of nitrogens with two attached hydrogens (primary N) is 1. The quantitative estimate of drug-likeness (QED) is 0.902. The van der Waals surface area contributed by atoms with E-state index in [0.29, 0.717) is 25.1 Å². The van der Waals surface area contributed by atoms with E-state index in [1.165, 1.54) is 0 Å². The molecule has 1 aliphatic heterocycles. The molecule has 0 radical (unpaired) electrons. The van der Waals surface area contributed by atoms with Crippen LogP contribution in [0, 0.1) is 0 Å². The Hall–Kier alpha value is -1.75. The maximum Gasteiger partial charge on any atom is 0.223 e. The molecule has 0 saturated carbocycles. The molecule has 1 heterocycles. The smallest absolute Gasteiger partial charge is 0.223 e. The summed E-state index contributed by atoms with van der Waals surface area (Å²) in [5.74, 6) is 1.61. The van der Waals surface area contributed by atoms with Crippen molar-refractivity contribution in [1.29, 1.82) is 0 Å². The van der Waals surface area contributed by atoms with E-state index in [1.807, 2.05) is 23.1 Å². The summed E-state index contributed by atoms with van der Waals surface area (Å²) < 4.78 is 10.7. The number of hydrogen-bond donors (Lipinski definition) is 1. The first kappa shape index (κ1) is 15.6. The third-order valence-electron chi connectivity index (χ3n) is 3.98. The minimum atomic E-state index is -0.132. The van der Waals surface area contributed by atoms with Crippen molar-refractivity contribution in [3.05, 3.63) is 23.8 Å². The molecule has 5 heteroatoms. The van der Waals surface area contributed by atoms with Crippen molar-refractivity contribution < 1.29 is 14.3 Å². The zero-order chi connectivity index (χ0) is 15.4. The highest BCUT2D eigenvalue weighted by atomic mass is 16.5. The zero-order valence-corrected chi connectivity index (χ0v) is 13.0. The number of piperidine rings is 1. The summed E-state index contributed by atoms with van der Waals surface area (Å²) in [7, 11) is 3.24. The molecule has 0 aromatic heterocycles. The molecule has 21 heavy (non-hydrogen) atoms. The van der Waals surface area contributed by atoms with Crippen LogP contribution in [0.25, 0.3) is 0 Å². The van der Waals surface area contributed by atoms with Crippen LogP contribution < -0.4 is 15.2 Å². The van der Waals surface area contributed by atoms with Crippen molar-refractivity contribution >= 4 is 5.91 Å². The first-order valence-electron chi connectivity index (χ1n) is 7.39. The number of benzene rings is 1. The number of carbonyl (C=O) groups excluding carboxylic acids is 1. The van der Waals surface area contributed by atoms with Crippen LogP contribution in [-0.4, -0.2) is 37.6 Å². The highest BCUT2D eigenvalue weighted by molar-refractivity contribution is 5.78. The lowest BCUT2D eigenvalue weighted by Crippen LogP contribution is -2.49. The molecule has 0 bridgehead atoms. The van der Waals surface area contributed by atoms with E-state index < -0.39 is 0 Å². The third-order valence-corrected chi connectivity index (χ3v) is 3.98. The minimum absolute atomic E-state index is 0.0726. The van der Waals surface area contributed by atoms with Crippen LogP contribution in [0.1, 0.15) is 37.8 Å². The SMILES string of the molecule is CCCN1C(=O)CCC(N)C1c1ccc(OC)cc1OC. The highest BCUT2D eigenvalue weighted by Crippen LogP contribution is 2.37. The van der Waals surface area contributed by atoms with E-state index in [-0.39, 0.29) is 18.0 Å². The fraction of sp³-hybridized carbons (Fsp3) is 0.562. The average Bonchev–Trinajstić information content (AvgIpc) is 2.51. The number of rotatable bonds is 5. The fourth-order valence-electron chi connectivity index (χ4n) is 2.94. The monoisotopic (exact) mass is 292 g/mol. The Bertz CT molecular complexity index is 504. The fourth-order valence-corrected chi connectivity index (χ4v) is 2.94. The predicted molar refractivity (Wildman–Crippen MR) is 81.5 cm³/mol. The van der Waals surface area contributed by atoms with Crippen molar-refractivity contribution in [3.63, 3.8) is 0 Å². The Balaban J connectivity index is 2.42. The first-order chi connectivity index (χ1) is 10.1. The number of amides is 1. The zero-order valence-electron chi connectivity index (χ0n) is 13.0. The van der Waals surface area contributed by atoms with Gasteiger partial charge in [0, 0.05) is 30.6 Å². The number of ether oxygens (including phenoxy) is 2. The Morgan fingerprint density at radius 2 is 2.10 bits per heavy atom. The van der Waals surface area contributed by atoms with E-state index in [9.17, 15) is 4.79 Å². The second-order valence-electron chi connectivity index (χ2n) is 5.34. The molecule has 1 amide bonds. The van der Waals surface area contributed by atoms with E-state index in [1.54, 1.807) is 14.2 Å². The summed E-state index contributed by atoms with van der Waals surface area (Å²) in [5, 5.41) is 0. The van der Waals surface area contributed by atoms with E-state index in [4.69, 9.17) is 15.2 Å². The van der Waals surface area contributed by atoms with Crippen molar-refractivity contribution in [2.45, 2.75) is 38.3 Å². The normalized spacial score (nSPS) is 22.3. The van der Waals surface area contributed by atoms with Crippen LogP contribution in [-0.2, 0) is 4.79 Å². The van der Waals surface area contributed by atoms with Gasteiger partial charge in [-0.25, -0.2) is 0 Å². The number of hydrogen-bond acceptors (Lipinski definition) is 4. The number of nitrogens with zero attached hydrogens (tertiary/aromatic N) is 1. The standard InChI is InChI=1S/C16H24N2O3/c1-4-9-18-15(19)8-7-13(17)16(18)12-6-5-11(20-2)10-14(12)21-3/h5-6,10,13,16H,4,7-9,17H2,1-3H3. The molecule has 1 aromatic carbocycles. The van der Waals surface area contributed by atoms with Crippen LogP contribution in [0.4, 0.5) is 0 Å². The molecule has 0 aliphatic carbocycles. The molecule has 1 aromatic rings. The van der Waals surface area contributed by atoms with Crippen molar-refractivity contribution in [3.8, 4) is 11.5 Å². The predicted octanol–water partition coefficient (Wildman–Crippen LogP) is 2.10. The van der Waals surface area contributed by atoms with Gasteiger partial charge >= 0.3 is 0 Å². The van der Waals surface area contributed by atoms with Crippen molar-refractivity contribution in [2.24, 2.45) is 5.73 Å². The Morgan fingerprint density at radius 3 is 2.71 bits per heavy atom. The van der Waals surface area contributed by atoms with Crippen LogP contribution in [0.3, 0.4) is 0 Å². The largest absolute Gasteiger partial charge is 0.497 e. The lowest BCUT2D eigenvalue weighted by molar-refractivity contribution is -0.137. The maximum atomic E-state index is 12.2. The molecule has 5 nitrogen and oxygen atoms in total. The van der Waals surface area contributed by atoms with Gasteiger partial charge in [-0.15, -0.1) is 0 Å². The molecule has 0 spiro atoms. The molecule has 2 N–H and O–H groups in total. The summed E-state index contributed by atoms with van der Waals surface area (Å²) in [6.45, 7) is 2.78. The van der Waals surface area contributed by atoms with E-state index >= 15 is 0 Å². The van der Waals surface area contributed by atoms with Gasteiger partial charge in [0.15, 0.2) is 0 Å². The Kier molecular flexibility index (Phi) is 5.07. The summed E-state index contributed by atoms with van der Waals surface area (Å²) in [4.78, 5) is 14.1. The molecule has 2 rings (SSSR count). The van der Waals surface area contributed by atoms with Crippen LogP contribution >= 0.6 is 0 Å². The van der Waals surface area contributed by atoms with Gasteiger partial charge in [-0.2, -0.15) is 0 Å². The van der Waals surface area contributed by atoms with Gasteiger partial charge < -0.3 is 20.1 Å². The molecule has 116 valence electrons. The molecule has 1 fully saturated rings. The molecule has 2 unspecified atom stereocenters. The van der Waals surface area contributed by atoms with Gasteiger partial charge in [-0.1, -0.05) is 6.92 Å². The lowest BCUT2D eigenvalue weighted by Gasteiger charge is -2.40. The Labute approximate surface area is 126 Å². The minimum Gasteiger partial charge on any atom is -0.497 e. The van der Waals surface area contributed by atoms with Gasteiger partial charge in [-0.05, 0) is 25.0 Å². The number of likely N-dealkylation sites (tertiary alicyclic amines) is 1. The van der Waals surface area contributed by atoms with E-state index in [0.717, 1.165) is 17.7 Å². The summed E-state index contributed by atoms with van der Waals surface area (Å²) >= 11 is 0. The summed E-state index contributed by atoms with van der Waals surface area (Å²) in [6, 6.07) is 5.46. The summed E-state index contributed by atoms with van der Waals surface area (Å²) in [6.07, 6.45) is 2.14. The number of methoxy groups -OCH3 is 2. The molecular formula is C16H24N2O3. The van der Waals surface area contributed by atoms with E-state index in [2.05, 4.69) is 6.92 Å². The topological polar surface area (TPSA) is 64.8 Å². The Morgan fingerprint density at radius 1 is 1.33 bits per heavy atom. The summed E-state index contributed by atoms with van der Waals surface area (Å²) in [5.41, 5.74) is 7.26. The van der Waals surface area contributed by atoms with Gasteiger partial charge in [-0.3, -0.25) is 4.79 Å². The van der Waals surface area contributed by atoms with Gasteiger partial charge in [0.05, 0.1) is 20.3 Å². The maximum absolute atomic E-state index is 12.2. The molecule has 1 saturated heterocycles. The van der Waals surface area contributed by atoms with Gasteiger partial charge in [0.25, 0.3) is 0 Å². The van der Waals surface area contributed by atoms with Crippen molar-refractivity contribution in [2.75, 3.05) is 20.8 Å². The lowest BCUT2D eigenvalue weighted by atomic mass is 9.89. The average molecular weight is 292 g/mol. The molecule has 2 atom stereocenters. The second-order valence-corrected chi connectivity index (χ2v) is 5.34. The van der Waals surface area contributed by atoms with Gasteiger partial charge in [0.2, 0.25) is 5.91 Å². The van der Waals surface area contributed by atoms with Crippen LogP contribution in [0.5, 0.6) is 11.5 Å². The van der Waals surface area contributed by atoms with Crippen LogP contribution in [0.2, 0.25) is 0 Å².